The molecule has 0 aromatic carbocycles. The molecule has 1 heterocycles. The standard InChI is InChI=1S/C12H18F3N3O3/c1-4-11(20,5-2)7-18-9(12(13,14)15)8(16-17-18)10(19)21-6-3/h20H,4-7H2,1-3H3. The molecule has 0 spiro atoms. The normalized spacial score (nSPS) is 12.5. The summed E-state index contributed by atoms with van der Waals surface area (Å²) >= 11 is 0. The van der Waals surface area contributed by atoms with Crippen LogP contribution in [0, 0.1) is 0 Å². The molecule has 0 fully saturated rings. The number of esters is 1. The molecule has 0 unspecified atom stereocenters. The Labute approximate surface area is 119 Å². The lowest BCUT2D eigenvalue weighted by atomic mass is 9.97. The smallest absolute Gasteiger partial charge is 0.435 e. The average Bonchev–Trinajstić information content (AvgIpc) is 2.82. The zero-order valence-corrected chi connectivity index (χ0v) is 12.1. The van der Waals surface area contributed by atoms with Crippen LogP contribution in [0.4, 0.5) is 13.2 Å². The second-order valence-corrected chi connectivity index (χ2v) is 4.59. The Kier molecular flexibility index (Phi) is 5.32. The molecule has 0 aliphatic heterocycles. The summed E-state index contributed by atoms with van der Waals surface area (Å²) in [5, 5.41) is 16.8. The summed E-state index contributed by atoms with van der Waals surface area (Å²) in [5.41, 5.74) is -3.54. The van der Waals surface area contributed by atoms with Crippen molar-refractivity contribution in [1.82, 2.24) is 15.0 Å². The number of halogens is 3. The van der Waals surface area contributed by atoms with Gasteiger partial charge in [0.15, 0.2) is 5.69 Å². The molecule has 21 heavy (non-hydrogen) atoms. The number of aromatic nitrogens is 3. The van der Waals surface area contributed by atoms with Crippen LogP contribution in [0.25, 0.3) is 0 Å². The van der Waals surface area contributed by atoms with E-state index < -0.39 is 35.7 Å². The topological polar surface area (TPSA) is 77.2 Å². The number of hydrogen-bond acceptors (Lipinski definition) is 5. The maximum Gasteiger partial charge on any atom is 0.435 e. The zero-order valence-electron chi connectivity index (χ0n) is 12.1. The maximum atomic E-state index is 13.1. The van der Waals surface area contributed by atoms with Gasteiger partial charge in [0, 0.05) is 0 Å². The molecule has 0 saturated carbocycles. The third-order valence-electron chi connectivity index (χ3n) is 3.23. The molecule has 0 amide bonds. The highest BCUT2D eigenvalue weighted by Crippen LogP contribution is 2.32. The molecular weight excluding hydrogens is 291 g/mol. The van der Waals surface area contributed by atoms with Crippen molar-refractivity contribution in [3.05, 3.63) is 11.4 Å². The molecule has 1 rings (SSSR count). The van der Waals surface area contributed by atoms with Gasteiger partial charge >= 0.3 is 12.1 Å². The number of nitrogens with zero attached hydrogens (tertiary/aromatic N) is 3. The van der Waals surface area contributed by atoms with E-state index in [0.717, 1.165) is 0 Å². The van der Waals surface area contributed by atoms with Gasteiger partial charge in [-0.05, 0) is 19.8 Å². The van der Waals surface area contributed by atoms with Gasteiger partial charge in [0.2, 0.25) is 5.69 Å². The van der Waals surface area contributed by atoms with Gasteiger partial charge in [-0.1, -0.05) is 19.1 Å². The van der Waals surface area contributed by atoms with E-state index in [1.807, 2.05) is 0 Å². The molecule has 0 aliphatic rings. The Morgan fingerprint density at radius 1 is 1.29 bits per heavy atom. The molecule has 1 N–H and O–H groups in total. The van der Waals surface area contributed by atoms with Crippen molar-refractivity contribution in [2.24, 2.45) is 0 Å². The van der Waals surface area contributed by atoms with E-state index in [4.69, 9.17) is 0 Å². The Morgan fingerprint density at radius 2 is 1.86 bits per heavy atom. The van der Waals surface area contributed by atoms with E-state index in [2.05, 4.69) is 15.0 Å². The minimum atomic E-state index is -4.83. The average molecular weight is 309 g/mol. The number of rotatable bonds is 6. The molecule has 9 heteroatoms. The van der Waals surface area contributed by atoms with E-state index in [9.17, 15) is 23.1 Å². The van der Waals surface area contributed by atoms with Crippen LogP contribution >= 0.6 is 0 Å². The largest absolute Gasteiger partial charge is 0.461 e. The molecule has 0 saturated heterocycles. The van der Waals surface area contributed by atoms with Gasteiger partial charge < -0.3 is 9.84 Å². The summed E-state index contributed by atoms with van der Waals surface area (Å²) in [6.07, 6.45) is -4.33. The molecule has 0 aliphatic carbocycles. The lowest BCUT2D eigenvalue weighted by molar-refractivity contribution is -0.146. The van der Waals surface area contributed by atoms with Gasteiger partial charge in [-0.3, -0.25) is 0 Å². The summed E-state index contributed by atoms with van der Waals surface area (Å²) in [5.74, 6) is -1.19. The van der Waals surface area contributed by atoms with Crippen LogP contribution in [-0.4, -0.2) is 38.3 Å². The van der Waals surface area contributed by atoms with Crippen molar-refractivity contribution in [3.63, 3.8) is 0 Å². The molecular formula is C12H18F3N3O3. The van der Waals surface area contributed by atoms with E-state index in [1.165, 1.54) is 6.92 Å². The fraction of sp³-hybridized carbons (Fsp3) is 0.750. The van der Waals surface area contributed by atoms with E-state index in [1.54, 1.807) is 13.8 Å². The highest BCUT2D eigenvalue weighted by Gasteiger charge is 2.43. The monoisotopic (exact) mass is 309 g/mol. The highest BCUT2D eigenvalue weighted by molar-refractivity contribution is 5.88. The predicted octanol–water partition coefficient (Wildman–Crippen LogP) is 2.02. The Hall–Kier alpha value is -1.64. The predicted molar refractivity (Wildman–Crippen MR) is 66.5 cm³/mol. The van der Waals surface area contributed by atoms with Crippen molar-refractivity contribution in [2.75, 3.05) is 6.61 Å². The zero-order chi connectivity index (χ0) is 16.3. The molecule has 0 bridgehead atoms. The van der Waals surface area contributed by atoms with E-state index in [-0.39, 0.29) is 19.4 Å². The summed E-state index contributed by atoms with van der Waals surface area (Å²) in [7, 11) is 0. The van der Waals surface area contributed by atoms with Crippen LogP contribution in [-0.2, 0) is 17.5 Å². The Morgan fingerprint density at radius 3 is 2.29 bits per heavy atom. The minimum absolute atomic E-state index is 0.0726. The number of aliphatic hydroxyl groups is 1. The second-order valence-electron chi connectivity index (χ2n) is 4.59. The number of carbonyl (C=O) groups excluding carboxylic acids is 1. The summed E-state index contributed by atoms with van der Waals surface area (Å²) < 4.78 is 44.5. The quantitative estimate of drug-likeness (QED) is 0.814. The first-order chi connectivity index (χ1) is 9.68. The van der Waals surface area contributed by atoms with Gasteiger partial charge in [-0.25, -0.2) is 9.48 Å². The van der Waals surface area contributed by atoms with Crippen LogP contribution in [0.1, 0.15) is 49.8 Å². The number of carbonyl (C=O) groups is 1. The van der Waals surface area contributed by atoms with E-state index >= 15 is 0 Å². The molecule has 0 radical (unpaired) electrons. The number of alkyl halides is 3. The second kappa shape index (κ2) is 6.42. The van der Waals surface area contributed by atoms with Crippen LogP contribution in [0.3, 0.4) is 0 Å². The first kappa shape index (κ1) is 17.4. The fourth-order valence-electron chi connectivity index (χ4n) is 1.79. The van der Waals surface area contributed by atoms with Gasteiger partial charge in [-0.2, -0.15) is 13.2 Å². The van der Waals surface area contributed by atoms with Gasteiger partial charge in [-0.15, -0.1) is 5.10 Å². The highest BCUT2D eigenvalue weighted by atomic mass is 19.4. The third-order valence-corrected chi connectivity index (χ3v) is 3.23. The molecule has 120 valence electrons. The SMILES string of the molecule is CCOC(=O)c1nnn(CC(O)(CC)CC)c1C(F)(F)F. The summed E-state index contributed by atoms with van der Waals surface area (Å²) in [6.45, 7) is 4.31. The summed E-state index contributed by atoms with van der Waals surface area (Å²) in [4.78, 5) is 11.5. The van der Waals surface area contributed by atoms with E-state index in [0.29, 0.717) is 4.68 Å². The Bertz CT molecular complexity index is 496. The maximum absolute atomic E-state index is 13.1. The van der Waals surface area contributed by atoms with Crippen molar-refractivity contribution in [3.8, 4) is 0 Å². The minimum Gasteiger partial charge on any atom is -0.461 e. The van der Waals surface area contributed by atoms with Crippen LogP contribution in [0.5, 0.6) is 0 Å². The van der Waals surface area contributed by atoms with Crippen molar-refractivity contribution in [1.29, 1.82) is 0 Å². The fourth-order valence-corrected chi connectivity index (χ4v) is 1.79. The lowest BCUT2D eigenvalue weighted by Gasteiger charge is -2.25. The lowest BCUT2D eigenvalue weighted by Crippen LogP contribution is -2.35. The number of ether oxygens (including phenoxy) is 1. The van der Waals surface area contributed by atoms with Gasteiger partial charge in [0.25, 0.3) is 0 Å². The Balaban J connectivity index is 3.25. The van der Waals surface area contributed by atoms with Crippen molar-refractivity contribution < 1.29 is 27.8 Å². The van der Waals surface area contributed by atoms with Crippen molar-refractivity contribution in [2.45, 2.75) is 51.9 Å². The number of hydrogen-bond donors (Lipinski definition) is 1. The third kappa shape index (κ3) is 3.93. The molecule has 6 nitrogen and oxygen atoms in total. The van der Waals surface area contributed by atoms with Gasteiger partial charge in [0.05, 0.1) is 18.8 Å². The van der Waals surface area contributed by atoms with Crippen LogP contribution < -0.4 is 0 Å². The first-order valence-corrected chi connectivity index (χ1v) is 6.58. The van der Waals surface area contributed by atoms with Crippen LogP contribution in [0.15, 0.2) is 0 Å². The molecule has 0 atom stereocenters. The van der Waals surface area contributed by atoms with Crippen LogP contribution in [0.2, 0.25) is 0 Å². The summed E-state index contributed by atoms with van der Waals surface area (Å²) in [6, 6.07) is 0. The van der Waals surface area contributed by atoms with Gasteiger partial charge in [0.1, 0.15) is 0 Å². The first-order valence-electron chi connectivity index (χ1n) is 6.58. The van der Waals surface area contributed by atoms with Crippen molar-refractivity contribution >= 4 is 5.97 Å². The molecule has 1 aromatic rings. The molecule has 1 aromatic heterocycles.